The lowest BCUT2D eigenvalue weighted by atomic mass is 9.68. The third-order valence-corrected chi connectivity index (χ3v) is 17.1. The Morgan fingerprint density at radius 1 is 0.466 bits per heavy atom. The van der Waals surface area contributed by atoms with Gasteiger partial charge in [-0.15, -0.1) is 0 Å². The minimum atomic E-state index is -0.669. The minimum absolute atomic E-state index is 0.0567. The number of nitriles is 3. The van der Waals surface area contributed by atoms with Gasteiger partial charge >= 0.3 is 17.9 Å². The Bertz CT molecular complexity index is 3400. The second-order valence-electron chi connectivity index (χ2n) is 22.9. The molecule has 88 heavy (non-hydrogen) atoms. The number of nitrogens with zero attached hydrogens (tertiary/aromatic N) is 5. The molecule has 3 atom stereocenters. The smallest absolute Gasteiger partial charge is 0.349 e. The molecule has 2 unspecified atom stereocenters. The largest absolute Gasteiger partial charge is 0.457 e. The number of carbonyl (C=O) groups excluding carboxylic acids is 3. The third-order valence-electron chi connectivity index (χ3n) is 17.1. The zero-order valence-corrected chi connectivity index (χ0v) is 51.5. The van der Waals surface area contributed by atoms with E-state index in [1.165, 1.54) is 5.56 Å². The zero-order valence-electron chi connectivity index (χ0n) is 51.5. The fourth-order valence-electron chi connectivity index (χ4n) is 11.5. The van der Waals surface area contributed by atoms with E-state index >= 15 is 0 Å². The number of rotatable bonds is 30. The average molecular weight is 1170 g/mol. The van der Waals surface area contributed by atoms with Crippen LogP contribution in [0.25, 0.3) is 36.5 Å². The standard InChI is InChI=1S/C77H81N5O6/c1-8-56-14-20-62(21-15-56)53-86-74(83)68(50-78)47-59-26-32-71(33-27-59)77(7,11-4)41-38-65-44-66(39-42-81(12-5)72-34-28-60(29-35-72)48-69(51-79)75(84)87-54-63-22-16-57(9-2)17-23-63)46-67(45-65)40-43-82(13-6)73-36-30-61(31-37-73)49-70(52-80)76(85)88-55-64-24-18-58(10-3)19-25-64/h8-10,14-37,47-49,65-67H,1-3,11-13,38-46,53-55H2,4-7H3/b68-47+,69-48+,70-49+/t65?,66?,67?,77-/m0/s1. The summed E-state index contributed by atoms with van der Waals surface area (Å²) in [6.07, 6.45) is 18.6. The molecule has 0 spiro atoms. The molecule has 0 bridgehead atoms. The van der Waals surface area contributed by atoms with Gasteiger partial charge in [0.05, 0.1) is 0 Å². The van der Waals surface area contributed by atoms with Gasteiger partial charge in [-0.3, -0.25) is 0 Å². The summed E-state index contributed by atoms with van der Waals surface area (Å²) in [7, 11) is 0. The molecular formula is C77H81N5O6. The molecule has 1 saturated carbocycles. The van der Waals surface area contributed by atoms with Crippen LogP contribution in [0.15, 0.2) is 182 Å². The van der Waals surface area contributed by atoms with Gasteiger partial charge < -0.3 is 24.0 Å². The summed E-state index contributed by atoms with van der Waals surface area (Å²) in [5, 5.41) is 29.8. The van der Waals surface area contributed by atoms with E-state index in [-0.39, 0.29) is 42.0 Å². The van der Waals surface area contributed by atoms with E-state index in [4.69, 9.17) is 14.2 Å². The van der Waals surface area contributed by atoms with E-state index in [9.17, 15) is 30.2 Å². The predicted molar refractivity (Wildman–Crippen MR) is 355 cm³/mol. The van der Waals surface area contributed by atoms with Crippen LogP contribution < -0.4 is 9.80 Å². The first-order valence-corrected chi connectivity index (χ1v) is 30.5. The number of hydrogen-bond acceptors (Lipinski definition) is 11. The number of hydrogen-bond donors (Lipinski definition) is 0. The van der Waals surface area contributed by atoms with Crippen molar-refractivity contribution in [2.24, 2.45) is 17.8 Å². The second kappa shape index (κ2) is 33.2. The van der Waals surface area contributed by atoms with Crippen molar-refractivity contribution in [3.8, 4) is 18.2 Å². The lowest BCUT2D eigenvalue weighted by molar-refractivity contribution is -0.140. The van der Waals surface area contributed by atoms with E-state index in [0.29, 0.717) is 17.8 Å². The zero-order chi connectivity index (χ0) is 62.8. The minimum Gasteiger partial charge on any atom is -0.457 e. The summed E-state index contributed by atoms with van der Waals surface area (Å²) < 4.78 is 16.5. The maximum Gasteiger partial charge on any atom is 0.349 e. The van der Waals surface area contributed by atoms with E-state index in [1.54, 1.807) is 36.5 Å². The van der Waals surface area contributed by atoms with Crippen LogP contribution in [0.3, 0.4) is 0 Å². The van der Waals surface area contributed by atoms with Crippen molar-refractivity contribution < 1.29 is 28.6 Å². The highest BCUT2D eigenvalue weighted by molar-refractivity contribution is 5.99. The normalized spacial score (nSPS) is 15.6. The quantitative estimate of drug-likeness (QED) is 0.0183. The Morgan fingerprint density at radius 2 is 0.761 bits per heavy atom. The van der Waals surface area contributed by atoms with Crippen LogP contribution >= 0.6 is 0 Å². The van der Waals surface area contributed by atoms with E-state index in [2.05, 4.69) is 93.6 Å². The topological polar surface area (TPSA) is 157 Å². The van der Waals surface area contributed by atoms with Crippen molar-refractivity contribution in [1.29, 1.82) is 15.8 Å². The van der Waals surface area contributed by atoms with Crippen LogP contribution in [-0.4, -0.2) is 44.1 Å². The van der Waals surface area contributed by atoms with Crippen LogP contribution in [0, 0.1) is 51.7 Å². The molecule has 0 N–H and O–H groups in total. The molecule has 6 aromatic carbocycles. The summed E-state index contributed by atoms with van der Waals surface area (Å²) in [6.45, 7) is 23.9. The van der Waals surface area contributed by atoms with Gasteiger partial charge in [-0.2, -0.15) is 15.8 Å². The Labute approximate surface area is 521 Å². The molecule has 0 radical (unpaired) electrons. The summed E-state index contributed by atoms with van der Waals surface area (Å²) in [5.74, 6) is -0.442. The molecule has 6 aromatic rings. The van der Waals surface area contributed by atoms with Gasteiger partial charge in [0.2, 0.25) is 0 Å². The summed E-state index contributed by atoms with van der Waals surface area (Å²) >= 11 is 0. The monoisotopic (exact) mass is 1170 g/mol. The van der Waals surface area contributed by atoms with E-state index < -0.39 is 17.9 Å². The average Bonchev–Trinajstić information content (AvgIpc) is 3.05. The molecule has 0 aromatic heterocycles. The first-order valence-electron chi connectivity index (χ1n) is 30.5. The molecule has 1 aliphatic carbocycles. The maximum atomic E-state index is 13.0. The molecule has 0 saturated heterocycles. The number of esters is 3. The van der Waals surface area contributed by atoms with Gasteiger partial charge in [-0.1, -0.05) is 173 Å². The fraction of sp³-hybridized carbons (Fsp3) is 0.299. The first-order chi connectivity index (χ1) is 42.7. The highest BCUT2D eigenvalue weighted by atomic mass is 16.5. The van der Waals surface area contributed by atoms with Crippen molar-refractivity contribution in [1.82, 2.24) is 0 Å². The van der Waals surface area contributed by atoms with Crippen molar-refractivity contribution in [3.05, 3.63) is 238 Å². The second-order valence-corrected chi connectivity index (χ2v) is 22.9. The van der Waals surface area contributed by atoms with Crippen molar-refractivity contribution in [2.75, 3.05) is 36.0 Å². The highest BCUT2D eigenvalue weighted by Gasteiger charge is 2.32. The van der Waals surface area contributed by atoms with Gasteiger partial charge in [0.1, 0.15) is 54.7 Å². The summed E-state index contributed by atoms with van der Waals surface area (Å²) in [6, 6.07) is 53.0. The van der Waals surface area contributed by atoms with E-state index in [0.717, 1.165) is 139 Å². The van der Waals surface area contributed by atoms with Crippen LogP contribution in [0.4, 0.5) is 11.4 Å². The predicted octanol–water partition coefficient (Wildman–Crippen LogP) is 16.9. The van der Waals surface area contributed by atoms with Gasteiger partial charge in [-0.05, 0) is 187 Å². The van der Waals surface area contributed by atoms with E-state index in [1.807, 2.05) is 127 Å². The van der Waals surface area contributed by atoms with Gasteiger partial charge in [0, 0.05) is 37.6 Å². The summed E-state index contributed by atoms with van der Waals surface area (Å²) in [5.41, 5.74) is 10.7. The van der Waals surface area contributed by atoms with Gasteiger partial charge in [-0.25, -0.2) is 14.4 Å². The molecule has 0 amide bonds. The fourth-order valence-corrected chi connectivity index (χ4v) is 11.5. The molecular weight excluding hydrogens is 1090 g/mol. The first kappa shape index (κ1) is 65.8. The van der Waals surface area contributed by atoms with Crippen LogP contribution in [0.1, 0.15) is 135 Å². The SMILES string of the molecule is C=Cc1ccc(COC(=O)/C(C#N)=C/c2ccc(N(CC)CCC3CC(CCN(CC)c4ccc(/C=C(\C#N)C(=O)OCc5ccc(C=C)cc5)cc4)CC(CC[C@](C)(CC)c4ccc(/C=C(\C#N)C(=O)OCc5ccc(C=C)cc5)cc4)C3)cc2)cc1. The van der Waals surface area contributed by atoms with Crippen LogP contribution in [-0.2, 0) is 53.8 Å². The molecule has 1 fully saturated rings. The van der Waals surface area contributed by atoms with Gasteiger partial charge in [0.15, 0.2) is 0 Å². The molecule has 1 aliphatic rings. The van der Waals surface area contributed by atoms with Crippen molar-refractivity contribution in [3.63, 3.8) is 0 Å². The number of anilines is 2. The number of carbonyl (C=O) groups is 3. The molecule has 11 heteroatoms. The molecule has 0 aliphatic heterocycles. The van der Waals surface area contributed by atoms with Crippen LogP contribution in [0.2, 0.25) is 0 Å². The number of benzene rings is 6. The Morgan fingerprint density at radius 3 is 1.05 bits per heavy atom. The molecule has 11 nitrogen and oxygen atoms in total. The lowest BCUT2D eigenvalue weighted by Crippen LogP contribution is -2.32. The molecule has 0 heterocycles. The molecule has 450 valence electrons. The van der Waals surface area contributed by atoms with Gasteiger partial charge in [0.25, 0.3) is 0 Å². The van der Waals surface area contributed by atoms with Crippen LogP contribution in [0.5, 0.6) is 0 Å². The lowest BCUT2D eigenvalue weighted by Gasteiger charge is -2.39. The Kier molecular flexibility index (Phi) is 24.8. The molecule has 7 rings (SSSR count). The maximum absolute atomic E-state index is 13.0. The summed E-state index contributed by atoms with van der Waals surface area (Å²) in [4.78, 5) is 43.8. The highest BCUT2D eigenvalue weighted by Crippen LogP contribution is 2.43. The number of ether oxygens (including phenoxy) is 3. The third kappa shape index (κ3) is 19.1. The van der Waals surface area contributed by atoms with Crippen molar-refractivity contribution in [2.45, 2.75) is 104 Å². The Hall–Kier alpha value is -9.76. The van der Waals surface area contributed by atoms with Crippen molar-refractivity contribution >= 4 is 65.7 Å². The Balaban J connectivity index is 1.01.